The first kappa shape index (κ1) is 30.6. The minimum Gasteiger partial charge on any atom is -0.378 e. The summed E-state index contributed by atoms with van der Waals surface area (Å²) in [5.41, 5.74) is 2.93. The van der Waals surface area contributed by atoms with Gasteiger partial charge in [-0.05, 0) is 30.2 Å². The van der Waals surface area contributed by atoms with Crippen LogP contribution in [0.25, 0.3) is 0 Å². The number of quaternary nitrogens is 1. The topological polar surface area (TPSA) is 46.6 Å². The van der Waals surface area contributed by atoms with Crippen LogP contribution in [0.2, 0.25) is 5.02 Å². The predicted octanol–water partition coefficient (Wildman–Crippen LogP) is 5.44. The second kappa shape index (κ2) is 13.0. The van der Waals surface area contributed by atoms with Crippen molar-refractivity contribution in [3.63, 3.8) is 0 Å². The minimum atomic E-state index is 0. The van der Waals surface area contributed by atoms with Gasteiger partial charge in [0.2, 0.25) is 0 Å². The second-order valence-electron chi connectivity index (χ2n) is 8.79. The number of hydrogen-bond donors (Lipinski definition) is 0. The SMILES string of the molecule is C.C.CC[N+]1(C)CCc2c(sc(CC(=O)Cc3ccc(Cl)cc3)c2C(=O)N2CCOCC2)C1.Cl. The highest BCUT2D eigenvalue weighted by Crippen LogP contribution is 2.36. The summed E-state index contributed by atoms with van der Waals surface area (Å²) < 4.78 is 6.42. The molecule has 1 saturated heterocycles. The van der Waals surface area contributed by atoms with Crippen LogP contribution < -0.4 is 0 Å². The molecule has 8 heteroatoms. The third kappa shape index (κ3) is 6.82. The van der Waals surface area contributed by atoms with Gasteiger partial charge in [0, 0.05) is 42.3 Å². The van der Waals surface area contributed by atoms with Crippen LogP contribution in [0.5, 0.6) is 0 Å². The van der Waals surface area contributed by atoms with Gasteiger partial charge in [0.1, 0.15) is 12.3 Å². The molecule has 4 rings (SSSR count). The van der Waals surface area contributed by atoms with E-state index in [2.05, 4.69) is 14.0 Å². The van der Waals surface area contributed by atoms with Gasteiger partial charge >= 0.3 is 0 Å². The van der Waals surface area contributed by atoms with Gasteiger partial charge in [-0.1, -0.05) is 38.6 Å². The molecule has 1 aromatic heterocycles. The van der Waals surface area contributed by atoms with Crippen molar-refractivity contribution in [3.8, 4) is 0 Å². The molecule has 3 heterocycles. The molecule has 0 spiro atoms. The molecular formula is C26H39Cl2N2O3S+. The molecular weight excluding hydrogens is 491 g/mol. The zero-order valence-corrected chi connectivity index (χ0v) is 21.1. The summed E-state index contributed by atoms with van der Waals surface area (Å²) in [5, 5.41) is 0.664. The van der Waals surface area contributed by atoms with Crippen LogP contribution in [0.15, 0.2) is 24.3 Å². The highest BCUT2D eigenvalue weighted by molar-refractivity contribution is 7.12. The van der Waals surface area contributed by atoms with Crippen LogP contribution in [0, 0.1) is 0 Å². The number of morpholine rings is 1. The van der Waals surface area contributed by atoms with Crippen molar-refractivity contribution in [2.75, 3.05) is 46.4 Å². The van der Waals surface area contributed by atoms with Crippen LogP contribution in [0.1, 0.15) is 53.0 Å². The maximum Gasteiger partial charge on any atom is 0.255 e. The molecule has 1 atom stereocenters. The Kier molecular flexibility index (Phi) is 11.7. The lowest BCUT2D eigenvalue weighted by Gasteiger charge is -2.37. The van der Waals surface area contributed by atoms with E-state index in [1.807, 2.05) is 29.2 Å². The highest BCUT2D eigenvalue weighted by atomic mass is 35.5. The first-order valence-electron chi connectivity index (χ1n) is 11.0. The molecule has 5 nitrogen and oxygen atoms in total. The maximum atomic E-state index is 13.5. The van der Waals surface area contributed by atoms with E-state index in [0.717, 1.165) is 46.5 Å². The molecule has 2 aromatic rings. The summed E-state index contributed by atoms with van der Waals surface area (Å²) in [7, 11) is 2.28. The Labute approximate surface area is 220 Å². The molecule has 1 fully saturated rings. The highest BCUT2D eigenvalue weighted by Gasteiger charge is 2.35. The summed E-state index contributed by atoms with van der Waals surface area (Å²) in [6.07, 6.45) is 1.56. The van der Waals surface area contributed by atoms with Crippen molar-refractivity contribution in [3.05, 3.63) is 55.7 Å². The largest absolute Gasteiger partial charge is 0.378 e. The fraction of sp³-hybridized carbons (Fsp3) is 0.538. The number of fused-ring (bicyclic) bond motifs is 1. The fourth-order valence-electron chi connectivity index (χ4n) is 4.41. The lowest BCUT2D eigenvalue weighted by Crippen LogP contribution is -2.47. The molecule has 2 aliphatic rings. The van der Waals surface area contributed by atoms with Gasteiger partial charge < -0.3 is 14.1 Å². The number of hydrogen-bond acceptors (Lipinski definition) is 4. The van der Waals surface area contributed by atoms with Gasteiger partial charge in [-0.25, -0.2) is 0 Å². The van der Waals surface area contributed by atoms with Crippen LogP contribution in [-0.4, -0.2) is 67.5 Å². The Morgan fingerprint density at radius 3 is 2.38 bits per heavy atom. The van der Waals surface area contributed by atoms with E-state index in [-0.39, 0.29) is 39.0 Å². The number of ether oxygens (including phenoxy) is 1. The number of Topliss-reactive ketones (excluding diaryl/α,β-unsaturated/α-hetero) is 1. The molecule has 190 valence electrons. The number of carbonyl (C=O) groups excluding carboxylic acids is 2. The minimum absolute atomic E-state index is 0. The van der Waals surface area contributed by atoms with Gasteiger partial charge in [-0.2, -0.15) is 0 Å². The number of thiophene rings is 1. The number of nitrogens with zero attached hydrogens (tertiary/aromatic N) is 2. The Morgan fingerprint density at radius 2 is 1.76 bits per heavy atom. The second-order valence-corrected chi connectivity index (χ2v) is 10.4. The van der Waals surface area contributed by atoms with E-state index in [1.165, 1.54) is 10.4 Å². The third-order valence-corrected chi connectivity index (χ3v) is 8.01. The molecule has 1 unspecified atom stereocenters. The Hall–Kier alpha value is -1.44. The first-order valence-corrected chi connectivity index (χ1v) is 12.2. The van der Waals surface area contributed by atoms with Gasteiger partial charge in [-0.3, -0.25) is 9.59 Å². The smallest absolute Gasteiger partial charge is 0.255 e. The van der Waals surface area contributed by atoms with E-state index in [4.69, 9.17) is 16.3 Å². The molecule has 1 amide bonds. The predicted molar refractivity (Wildman–Crippen MR) is 145 cm³/mol. The number of rotatable bonds is 6. The van der Waals surface area contributed by atoms with Crippen LogP contribution >= 0.6 is 35.3 Å². The lowest BCUT2D eigenvalue weighted by atomic mass is 9.97. The average molecular weight is 531 g/mol. The number of amides is 1. The van der Waals surface area contributed by atoms with Gasteiger partial charge in [0.25, 0.3) is 5.91 Å². The average Bonchev–Trinajstić information content (AvgIpc) is 3.11. The molecule has 0 bridgehead atoms. The number of carbonyl (C=O) groups is 2. The number of benzene rings is 1. The lowest BCUT2D eigenvalue weighted by molar-refractivity contribution is -0.922. The summed E-state index contributed by atoms with van der Waals surface area (Å²) >= 11 is 7.64. The molecule has 34 heavy (non-hydrogen) atoms. The van der Waals surface area contributed by atoms with Crippen molar-refractivity contribution >= 4 is 47.0 Å². The van der Waals surface area contributed by atoms with Crippen molar-refractivity contribution in [1.82, 2.24) is 4.90 Å². The first-order chi connectivity index (χ1) is 14.9. The van der Waals surface area contributed by atoms with Gasteiger partial charge in [-0.15, -0.1) is 23.7 Å². The van der Waals surface area contributed by atoms with Crippen molar-refractivity contribution in [2.45, 2.75) is 47.6 Å². The summed E-state index contributed by atoms with van der Waals surface area (Å²) in [5.74, 6) is 0.201. The normalized spacial score (nSPS) is 19.2. The fourth-order valence-corrected chi connectivity index (χ4v) is 6.08. The van der Waals surface area contributed by atoms with Crippen LogP contribution in [-0.2, 0) is 35.3 Å². The molecule has 0 radical (unpaired) electrons. The maximum absolute atomic E-state index is 13.5. The summed E-state index contributed by atoms with van der Waals surface area (Å²) in [4.78, 5) is 30.6. The number of likely N-dealkylation sites (N-methyl/N-ethyl adjacent to an activating group) is 1. The zero-order valence-electron chi connectivity index (χ0n) is 18.7. The van der Waals surface area contributed by atoms with E-state index in [0.29, 0.717) is 44.2 Å². The van der Waals surface area contributed by atoms with Crippen molar-refractivity contribution < 1.29 is 18.8 Å². The zero-order chi connectivity index (χ0) is 22.0. The number of ketones is 1. The molecule has 0 N–H and O–H groups in total. The summed E-state index contributed by atoms with van der Waals surface area (Å²) in [6.45, 7) is 7.63. The Balaban J connectivity index is 0.00000193. The molecule has 1 aromatic carbocycles. The molecule has 0 aliphatic carbocycles. The summed E-state index contributed by atoms with van der Waals surface area (Å²) in [6, 6.07) is 7.41. The van der Waals surface area contributed by atoms with Gasteiger partial charge in [0.05, 0.1) is 43.8 Å². The van der Waals surface area contributed by atoms with Crippen molar-refractivity contribution in [2.24, 2.45) is 0 Å². The van der Waals surface area contributed by atoms with E-state index in [1.54, 1.807) is 11.3 Å². The van der Waals surface area contributed by atoms with Crippen LogP contribution in [0.4, 0.5) is 0 Å². The Morgan fingerprint density at radius 1 is 1.12 bits per heavy atom. The Bertz CT molecular complexity index is 971. The monoisotopic (exact) mass is 529 g/mol. The quantitative estimate of drug-likeness (QED) is 0.467. The molecule has 2 aliphatic heterocycles. The van der Waals surface area contributed by atoms with E-state index in [9.17, 15) is 9.59 Å². The standard InChI is InChI=1S/C24H30ClN2O3S.2CH4.ClH/c1-3-27(2)11-8-20-22(16-27)31-21(23(20)24(29)26-9-12-30-13-10-26)15-19(28)14-17-4-6-18(25)7-5-17;;;/h4-7H,3,8-16H2,1-2H3;2*1H4;1H/q+1;;;. The van der Waals surface area contributed by atoms with Crippen LogP contribution in [0.3, 0.4) is 0 Å². The number of halogens is 2. The van der Waals surface area contributed by atoms with E-state index < -0.39 is 0 Å². The van der Waals surface area contributed by atoms with Gasteiger partial charge in [0.15, 0.2) is 0 Å². The third-order valence-electron chi connectivity index (χ3n) is 6.54. The molecule has 0 saturated carbocycles. The van der Waals surface area contributed by atoms with Crippen molar-refractivity contribution in [1.29, 1.82) is 0 Å². The van der Waals surface area contributed by atoms with E-state index >= 15 is 0 Å².